The second kappa shape index (κ2) is 5.64. The highest BCUT2D eigenvalue weighted by Gasteiger charge is 2.37. The van der Waals surface area contributed by atoms with Gasteiger partial charge >= 0.3 is 0 Å². The van der Waals surface area contributed by atoms with Gasteiger partial charge in [0.1, 0.15) is 0 Å². The molecule has 1 atom stereocenters. The topological polar surface area (TPSA) is 29.1 Å². The van der Waals surface area contributed by atoms with Crippen LogP contribution < -0.4 is 5.32 Å². The molecular formula is C22H15NOS. The van der Waals surface area contributed by atoms with Gasteiger partial charge in [-0.3, -0.25) is 4.79 Å². The van der Waals surface area contributed by atoms with Crippen molar-refractivity contribution in [1.29, 1.82) is 0 Å². The Labute approximate surface area is 150 Å². The highest BCUT2D eigenvalue weighted by atomic mass is 32.2. The van der Waals surface area contributed by atoms with Crippen molar-refractivity contribution in [3.63, 3.8) is 0 Å². The van der Waals surface area contributed by atoms with Gasteiger partial charge in [0.15, 0.2) is 5.78 Å². The standard InChI is InChI=1S/C22H15NOS/c24-21-16-11-5-4-10-15(16)20-19(21)22(14-8-2-1-3-9-14)25-18-13-7-6-12-17(18)23-20/h1-13,22-23H. The molecule has 2 nitrogen and oxygen atoms in total. The van der Waals surface area contributed by atoms with E-state index in [0.717, 1.165) is 38.5 Å². The molecule has 1 aliphatic carbocycles. The maximum absolute atomic E-state index is 13.2. The van der Waals surface area contributed by atoms with E-state index in [0.29, 0.717) is 0 Å². The SMILES string of the molecule is O=C1C2=C(Nc3ccccc3SC2c2ccccc2)c2ccccc21. The fourth-order valence-corrected chi connectivity index (χ4v) is 4.84. The Morgan fingerprint density at radius 2 is 1.44 bits per heavy atom. The molecule has 1 N–H and O–H groups in total. The van der Waals surface area contributed by atoms with Gasteiger partial charge in [-0.05, 0) is 17.7 Å². The van der Waals surface area contributed by atoms with E-state index in [2.05, 4.69) is 29.6 Å². The number of carbonyl (C=O) groups excluding carboxylic acids is 1. The zero-order valence-corrected chi connectivity index (χ0v) is 14.2. The highest BCUT2D eigenvalue weighted by Crippen LogP contribution is 2.52. The van der Waals surface area contributed by atoms with Crippen molar-refractivity contribution in [3.05, 3.63) is 101 Å². The lowest BCUT2D eigenvalue weighted by molar-refractivity contribution is 0.103. The largest absolute Gasteiger partial charge is 0.354 e. The van der Waals surface area contributed by atoms with Gasteiger partial charge in [-0.15, -0.1) is 11.8 Å². The van der Waals surface area contributed by atoms with Crippen LogP contribution in [0, 0.1) is 0 Å². The molecule has 3 aromatic rings. The van der Waals surface area contributed by atoms with E-state index in [1.54, 1.807) is 11.8 Å². The lowest BCUT2D eigenvalue weighted by Crippen LogP contribution is -2.07. The molecule has 25 heavy (non-hydrogen) atoms. The molecule has 0 saturated heterocycles. The summed E-state index contributed by atoms with van der Waals surface area (Å²) in [4.78, 5) is 14.4. The number of Topliss-reactive ketones (excluding diaryl/α,β-unsaturated/α-hetero) is 1. The van der Waals surface area contributed by atoms with E-state index < -0.39 is 0 Å². The summed E-state index contributed by atoms with van der Waals surface area (Å²) in [6.45, 7) is 0. The second-order valence-electron chi connectivity index (χ2n) is 6.19. The van der Waals surface area contributed by atoms with E-state index in [4.69, 9.17) is 0 Å². The third-order valence-electron chi connectivity index (χ3n) is 4.71. The molecule has 0 saturated carbocycles. The second-order valence-corrected chi connectivity index (χ2v) is 7.34. The summed E-state index contributed by atoms with van der Waals surface area (Å²) in [5.74, 6) is 0.132. The molecule has 1 unspecified atom stereocenters. The van der Waals surface area contributed by atoms with Gasteiger partial charge in [-0.2, -0.15) is 0 Å². The summed E-state index contributed by atoms with van der Waals surface area (Å²) in [6.07, 6.45) is 0. The number of rotatable bonds is 1. The van der Waals surface area contributed by atoms with E-state index in [1.165, 1.54) is 0 Å². The van der Waals surface area contributed by atoms with Crippen LogP contribution in [-0.4, -0.2) is 5.78 Å². The molecule has 1 heterocycles. The first-order valence-corrected chi connectivity index (χ1v) is 9.17. The number of anilines is 1. The lowest BCUT2D eigenvalue weighted by atomic mass is 10.0. The number of para-hydroxylation sites is 1. The number of hydrogen-bond acceptors (Lipinski definition) is 3. The number of thioether (sulfide) groups is 1. The number of hydrogen-bond donors (Lipinski definition) is 1. The van der Waals surface area contributed by atoms with Crippen molar-refractivity contribution in [2.45, 2.75) is 10.1 Å². The average molecular weight is 341 g/mol. The summed E-state index contributed by atoms with van der Waals surface area (Å²) in [5.41, 5.74) is 5.81. The van der Waals surface area contributed by atoms with Crippen LogP contribution in [-0.2, 0) is 0 Å². The van der Waals surface area contributed by atoms with Crippen LogP contribution in [0.2, 0.25) is 0 Å². The zero-order valence-electron chi connectivity index (χ0n) is 13.4. The van der Waals surface area contributed by atoms with E-state index in [-0.39, 0.29) is 11.0 Å². The Morgan fingerprint density at radius 1 is 0.760 bits per heavy atom. The number of ketones is 1. The van der Waals surface area contributed by atoms with Crippen molar-refractivity contribution < 1.29 is 4.79 Å². The average Bonchev–Trinajstić information content (AvgIpc) is 2.84. The first-order valence-electron chi connectivity index (χ1n) is 8.29. The highest BCUT2D eigenvalue weighted by molar-refractivity contribution is 8.00. The maximum atomic E-state index is 13.2. The molecule has 1 aliphatic heterocycles. The Bertz CT molecular complexity index is 1020. The zero-order chi connectivity index (χ0) is 16.8. The molecule has 3 heteroatoms. The van der Waals surface area contributed by atoms with E-state index in [9.17, 15) is 4.79 Å². The minimum absolute atomic E-state index is 0.0211. The summed E-state index contributed by atoms with van der Waals surface area (Å²) in [5, 5.41) is 3.52. The van der Waals surface area contributed by atoms with Crippen molar-refractivity contribution in [2.24, 2.45) is 0 Å². The van der Waals surface area contributed by atoms with Crippen molar-refractivity contribution in [3.8, 4) is 0 Å². The normalized spacial score (nSPS) is 18.1. The van der Waals surface area contributed by atoms with Crippen LogP contribution in [0.3, 0.4) is 0 Å². The first kappa shape index (κ1) is 14.6. The van der Waals surface area contributed by atoms with Gasteiger partial charge in [0.05, 0.1) is 16.6 Å². The summed E-state index contributed by atoms with van der Waals surface area (Å²) >= 11 is 1.74. The monoisotopic (exact) mass is 341 g/mol. The Balaban J connectivity index is 1.76. The predicted octanol–water partition coefficient (Wildman–Crippen LogP) is 5.55. The molecule has 0 bridgehead atoms. The minimum atomic E-state index is -0.0211. The lowest BCUT2D eigenvalue weighted by Gasteiger charge is -2.17. The maximum Gasteiger partial charge on any atom is 0.193 e. The quantitative estimate of drug-likeness (QED) is 0.629. The number of carbonyl (C=O) groups is 1. The molecular weight excluding hydrogens is 326 g/mol. The first-order chi connectivity index (χ1) is 12.3. The van der Waals surface area contributed by atoms with Crippen LogP contribution in [0.15, 0.2) is 89.3 Å². The smallest absolute Gasteiger partial charge is 0.193 e. The van der Waals surface area contributed by atoms with Crippen molar-refractivity contribution >= 4 is 28.9 Å². The molecule has 5 rings (SSSR count). The van der Waals surface area contributed by atoms with Crippen molar-refractivity contribution in [2.75, 3.05) is 5.32 Å². The predicted molar refractivity (Wildman–Crippen MR) is 103 cm³/mol. The van der Waals surface area contributed by atoms with Crippen LogP contribution in [0.25, 0.3) is 5.70 Å². The number of benzene rings is 3. The summed E-state index contributed by atoms with van der Waals surface area (Å²) in [7, 11) is 0. The Kier molecular flexibility index (Phi) is 3.28. The van der Waals surface area contributed by atoms with Gasteiger partial charge in [0.2, 0.25) is 0 Å². The van der Waals surface area contributed by atoms with E-state index >= 15 is 0 Å². The van der Waals surface area contributed by atoms with Gasteiger partial charge in [-0.25, -0.2) is 0 Å². The molecule has 2 aliphatic rings. The van der Waals surface area contributed by atoms with Gasteiger partial charge in [-0.1, -0.05) is 66.7 Å². The van der Waals surface area contributed by atoms with Crippen LogP contribution in [0.4, 0.5) is 5.69 Å². The number of nitrogens with one attached hydrogen (secondary N) is 1. The van der Waals surface area contributed by atoms with Gasteiger partial charge in [0.25, 0.3) is 0 Å². The summed E-state index contributed by atoms with van der Waals surface area (Å²) < 4.78 is 0. The molecule has 0 radical (unpaired) electrons. The Hall–Kier alpha value is -2.78. The molecule has 0 spiro atoms. The molecule has 120 valence electrons. The number of fused-ring (bicyclic) bond motifs is 3. The molecule has 0 amide bonds. The molecule has 0 aromatic heterocycles. The van der Waals surface area contributed by atoms with Crippen LogP contribution >= 0.6 is 11.8 Å². The van der Waals surface area contributed by atoms with E-state index in [1.807, 2.05) is 54.6 Å². The molecule has 3 aromatic carbocycles. The van der Waals surface area contributed by atoms with Gasteiger partial charge < -0.3 is 5.32 Å². The molecule has 0 fully saturated rings. The fourth-order valence-electron chi connectivity index (χ4n) is 3.54. The summed E-state index contributed by atoms with van der Waals surface area (Å²) in [6, 6.07) is 26.4. The fraction of sp³-hybridized carbons (Fsp3) is 0.0455. The van der Waals surface area contributed by atoms with Gasteiger partial charge in [0, 0.05) is 21.6 Å². The third kappa shape index (κ3) is 2.24. The Morgan fingerprint density at radius 3 is 2.28 bits per heavy atom. The minimum Gasteiger partial charge on any atom is -0.354 e. The van der Waals surface area contributed by atoms with Crippen LogP contribution in [0.5, 0.6) is 0 Å². The van der Waals surface area contributed by atoms with Crippen molar-refractivity contribution in [1.82, 2.24) is 0 Å². The third-order valence-corrected chi connectivity index (χ3v) is 6.06. The van der Waals surface area contributed by atoms with Crippen LogP contribution in [0.1, 0.15) is 26.7 Å².